The highest BCUT2D eigenvalue weighted by molar-refractivity contribution is 7.89. The number of alkyl halides is 3. The predicted molar refractivity (Wildman–Crippen MR) is 103 cm³/mol. The molecule has 0 radical (unpaired) electrons. The van der Waals surface area contributed by atoms with Gasteiger partial charge in [0.1, 0.15) is 5.52 Å². The van der Waals surface area contributed by atoms with Crippen molar-refractivity contribution in [1.29, 1.82) is 0 Å². The number of rotatable bonds is 3. The highest BCUT2D eigenvalue weighted by atomic mass is 32.2. The molecule has 12 heteroatoms. The van der Waals surface area contributed by atoms with Gasteiger partial charge in [0.2, 0.25) is 10.0 Å². The third-order valence-corrected chi connectivity index (χ3v) is 6.03. The van der Waals surface area contributed by atoms with Gasteiger partial charge in [-0.1, -0.05) is 0 Å². The molecule has 156 valence electrons. The molecule has 30 heavy (non-hydrogen) atoms. The Morgan fingerprint density at radius 2 is 1.63 bits per heavy atom. The second-order valence-corrected chi connectivity index (χ2v) is 8.34. The molecule has 2 aromatic heterocycles. The lowest BCUT2D eigenvalue weighted by Crippen LogP contribution is -2.21. The van der Waals surface area contributed by atoms with Crippen LogP contribution in [0.3, 0.4) is 0 Å². The zero-order valence-electron chi connectivity index (χ0n) is 15.6. The van der Waals surface area contributed by atoms with E-state index in [0.717, 1.165) is 12.1 Å². The second kappa shape index (κ2) is 6.64. The molecule has 0 saturated carbocycles. The number of nitrogens with zero attached hydrogens (tertiary/aromatic N) is 4. The van der Waals surface area contributed by atoms with E-state index in [9.17, 15) is 26.4 Å². The lowest BCUT2D eigenvalue weighted by atomic mass is 10.1. The molecule has 0 fully saturated rings. The van der Waals surface area contributed by atoms with E-state index in [1.807, 2.05) is 0 Å². The Labute approximate surface area is 167 Å². The molecule has 2 heterocycles. The first-order chi connectivity index (χ1) is 14.0. The van der Waals surface area contributed by atoms with E-state index in [2.05, 4.69) is 14.9 Å². The molecule has 0 amide bonds. The van der Waals surface area contributed by atoms with Crippen LogP contribution in [-0.4, -0.2) is 35.0 Å². The number of aromatic nitrogens is 4. The SMILES string of the molecule is CNS(=O)(=O)c1ccc2c(c1)c1nn(C)nc1c(=O)n2-c1ccc(C(F)(F)F)cc1. The average Bonchev–Trinajstić information content (AvgIpc) is 3.10. The van der Waals surface area contributed by atoms with Gasteiger partial charge in [-0.3, -0.25) is 9.36 Å². The first-order valence-corrected chi connectivity index (χ1v) is 10.0. The minimum absolute atomic E-state index is 0.0381. The quantitative estimate of drug-likeness (QED) is 0.530. The smallest absolute Gasteiger partial charge is 0.275 e. The summed E-state index contributed by atoms with van der Waals surface area (Å²) in [5.74, 6) is 0. The van der Waals surface area contributed by atoms with Crippen molar-refractivity contribution in [2.75, 3.05) is 7.05 Å². The van der Waals surface area contributed by atoms with Crippen LogP contribution in [-0.2, 0) is 23.2 Å². The van der Waals surface area contributed by atoms with Crippen LogP contribution in [0.25, 0.3) is 27.6 Å². The molecule has 4 rings (SSSR count). The molecule has 0 unspecified atom stereocenters. The standard InChI is InChI=1S/C18H14F3N5O3S/c1-22-30(28,29)12-7-8-14-13(9-12)15-16(24-25(2)23-15)17(27)26(14)11-5-3-10(4-6-11)18(19,20)21/h3-9,22H,1-2H3. The number of sulfonamides is 1. The van der Waals surface area contributed by atoms with Crippen molar-refractivity contribution in [2.24, 2.45) is 7.05 Å². The second-order valence-electron chi connectivity index (χ2n) is 6.46. The predicted octanol–water partition coefficient (Wildman–Crippen LogP) is 2.20. The number of nitrogens with one attached hydrogen (secondary N) is 1. The fourth-order valence-electron chi connectivity index (χ4n) is 3.19. The minimum atomic E-state index is -4.52. The largest absolute Gasteiger partial charge is 0.416 e. The highest BCUT2D eigenvalue weighted by Crippen LogP contribution is 2.31. The fraction of sp³-hybridized carbons (Fsp3) is 0.167. The summed E-state index contributed by atoms with van der Waals surface area (Å²) in [6, 6.07) is 8.14. The molecule has 0 aliphatic heterocycles. The van der Waals surface area contributed by atoms with E-state index in [1.54, 1.807) is 0 Å². The molecule has 2 aromatic carbocycles. The summed E-state index contributed by atoms with van der Waals surface area (Å²) >= 11 is 0. The summed E-state index contributed by atoms with van der Waals surface area (Å²) < 4.78 is 66.5. The van der Waals surface area contributed by atoms with Crippen LogP contribution >= 0.6 is 0 Å². The van der Waals surface area contributed by atoms with Crippen molar-refractivity contribution in [3.8, 4) is 5.69 Å². The molecule has 4 aromatic rings. The van der Waals surface area contributed by atoms with Crippen molar-refractivity contribution in [1.82, 2.24) is 24.3 Å². The van der Waals surface area contributed by atoms with E-state index in [1.165, 1.54) is 53.8 Å². The lowest BCUT2D eigenvalue weighted by Gasteiger charge is -2.13. The van der Waals surface area contributed by atoms with Gasteiger partial charge in [0.15, 0.2) is 5.52 Å². The van der Waals surface area contributed by atoms with Gasteiger partial charge in [-0.15, -0.1) is 5.10 Å². The maximum atomic E-state index is 13.1. The van der Waals surface area contributed by atoms with Gasteiger partial charge in [-0.2, -0.15) is 23.1 Å². The van der Waals surface area contributed by atoms with E-state index in [-0.39, 0.29) is 27.1 Å². The van der Waals surface area contributed by atoms with Crippen LogP contribution < -0.4 is 10.3 Å². The van der Waals surface area contributed by atoms with Gasteiger partial charge < -0.3 is 0 Å². The van der Waals surface area contributed by atoms with Crippen molar-refractivity contribution in [2.45, 2.75) is 11.1 Å². The van der Waals surface area contributed by atoms with Crippen molar-refractivity contribution >= 4 is 32.0 Å². The Balaban J connectivity index is 2.08. The van der Waals surface area contributed by atoms with E-state index in [0.29, 0.717) is 5.39 Å². The Hall–Kier alpha value is -3.25. The first kappa shape index (κ1) is 20.0. The zero-order valence-corrected chi connectivity index (χ0v) is 16.4. The van der Waals surface area contributed by atoms with Crippen molar-refractivity contribution in [3.05, 3.63) is 58.4 Å². The Kier molecular flexibility index (Phi) is 4.43. The van der Waals surface area contributed by atoms with Crippen molar-refractivity contribution in [3.63, 3.8) is 0 Å². The molecule has 0 aliphatic rings. The molecule has 0 aliphatic carbocycles. The van der Waals surface area contributed by atoms with E-state index >= 15 is 0 Å². The Morgan fingerprint density at radius 1 is 1.00 bits per heavy atom. The van der Waals surface area contributed by atoms with Crippen LogP contribution in [0, 0.1) is 0 Å². The normalized spacial score (nSPS) is 12.7. The summed E-state index contributed by atoms with van der Waals surface area (Å²) in [5.41, 5.74) is -0.837. The number of hydrogen-bond acceptors (Lipinski definition) is 5. The molecule has 0 spiro atoms. The molecule has 0 bridgehead atoms. The fourth-order valence-corrected chi connectivity index (χ4v) is 3.94. The van der Waals surface area contributed by atoms with Crippen LogP contribution in [0.15, 0.2) is 52.2 Å². The summed E-state index contributed by atoms with van der Waals surface area (Å²) in [6.45, 7) is 0. The molecule has 8 nitrogen and oxygen atoms in total. The monoisotopic (exact) mass is 437 g/mol. The minimum Gasteiger partial charge on any atom is -0.275 e. The number of pyridine rings is 1. The third kappa shape index (κ3) is 3.13. The number of aryl methyl sites for hydroxylation is 1. The number of hydrogen-bond donors (Lipinski definition) is 1. The van der Waals surface area contributed by atoms with Gasteiger partial charge in [-0.25, -0.2) is 13.1 Å². The Morgan fingerprint density at radius 3 is 2.23 bits per heavy atom. The number of benzene rings is 2. The summed E-state index contributed by atoms with van der Waals surface area (Å²) in [6.07, 6.45) is -4.52. The highest BCUT2D eigenvalue weighted by Gasteiger charge is 2.30. The summed E-state index contributed by atoms with van der Waals surface area (Å²) in [7, 11) is -1.01. The maximum absolute atomic E-state index is 13.1. The molecular weight excluding hydrogens is 423 g/mol. The summed E-state index contributed by atoms with van der Waals surface area (Å²) in [4.78, 5) is 14.2. The topological polar surface area (TPSA) is 98.9 Å². The zero-order chi connectivity index (χ0) is 21.8. The van der Waals surface area contributed by atoms with Gasteiger partial charge >= 0.3 is 6.18 Å². The van der Waals surface area contributed by atoms with Crippen LogP contribution in [0.2, 0.25) is 0 Å². The molecule has 0 atom stereocenters. The lowest BCUT2D eigenvalue weighted by molar-refractivity contribution is -0.137. The van der Waals surface area contributed by atoms with Crippen LogP contribution in [0.5, 0.6) is 0 Å². The molecule has 1 N–H and O–H groups in total. The number of halogens is 3. The number of fused-ring (bicyclic) bond motifs is 3. The third-order valence-electron chi connectivity index (χ3n) is 4.62. The first-order valence-electron chi connectivity index (χ1n) is 8.54. The van der Waals surface area contributed by atoms with E-state index in [4.69, 9.17) is 0 Å². The van der Waals surface area contributed by atoms with Gasteiger partial charge in [0.05, 0.1) is 16.0 Å². The Bertz CT molecular complexity index is 1460. The van der Waals surface area contributed by atoms with Crippen LogP contribution in [0.4, 0.5) is 13.2 Å². The molecule has 0 saturated heterocycles. The maximum Gasteiger partial charge on any atom is 0.416 e. The van der Waals surface area contributed by atoms with Crippen molar-refractivity contribution < 1.29 is 21.6 Å². The average molecular weight is 437 g/mol. The van der Waals surface area contributed by atoms with Crippen LogP contribution in [0.1, 0.15) is 5.56 Å². The summed E-state index contributed by atoms with van der Waals surface area (Å²) in [5, 5.41) is 8.52. The van der Waals surface area contributed by atoms with E-state index < -0.39 is 27.3 Å². The van der Waals surface area contributed by atoms with Gasteiger partial charge in [-0.05, 0) is 49.5 Å². The molecular formula is C18H14F3N5O3S. The van der Waals surface area contributed by atoms with Gasteiger partial charge in [0, 0.05) is 18.1 Å². The van der Waals surface area contributed by atoms with Gasteiger partial charge in [0.25, 0.3) is 5.56 Å².